The average Bonchev–Trinajstić information content (AvgIpc) is 3.83. The van der Waals surface area contributed by atoms with Crippen LogP contribution in [0.4, 0.5) is 0 Å². The third-order valence-corrected chi connectivity index (χ3v) is 10.3. The van der Waals surface area contributed by atoms with Crippen molar-refractivity contribution in [1.82, 2.24) is 0 Å². The maximum absolute atomic E-state index is 6.54. The Morgan fingerprint density at radius 1 is 0.473 bits per heavy atom. The van der Waals surface area contributed by atoms with Crippen LogP contribution in [0, 0.1) is 6.92 Å². The van der Waals surface area contributed by atoms with Crippen LogP contribution in [0.3, 0.4) is 0 Å². The molecule has 2 aromatic heterocycles. The highest BCUT2D eigenvalue weighted by Crippen LogP contribution is 2.42. The van der Waals surface area contributed by atoms with Crippen LogP contribution < -0.4 is 5.73 Å². The van der Waals surface area contributed by atoms with Gasteiger partial charge in [0.1, 0.15) is 22.3 Å². The molecule has 0 bridgehead atoms. The van der Waals surface area contributed by atoms with E-state index in [4.69, 9.17) is 14.6 Å². The third kappa shape index (κ3) is 6.69. The Labute approximate surface area is 320 Å². The summed E-state index contributed by atoms with van der Waals surface area (Å²) in [4.78, 5) is 0. The molecule has 0 atom stereocenters. The van der Waals surface area contributed by atoms with Gasteiger partial charge in [0.2, 0.25) is 0 Å². The monoisotopic (exact) mass is 709 g/mol. The van der Waals surface area contributed by atoms with Crippen LogP contribution in [0.1, 0.15) is 16.7 Å². The van der Waals surface area contributed by atoms with Crippen LogP contribution in [0.15, 0.2) is 203 Å². The molecule has 3 nitrogen and oxygen atoms in total. The SMILES string of the molecule is Cc1cccc2oc3ccccc3c12.N/C(=C\Cc1ccccc1)c1cccc(-c2cccc(-c3ccc(-c4ccccc4)c4c3oc3ccccc34)c2)c1. The molecule has 2 N–H and O–H groups in total. The third-order valence-electron chi connectivity index (χ3n) is 10.3. The van der Waals surface area contributed by atoms with Gasteiger partial charge in [-0.15, -0.1) is 0 Å². The summed E-state index contributed by atoms with van der Waals surface area (Å²) in [6.07, 6.45) is 2.90. The Morgan fingerprint density at radius 3 is 1.82 bits per heavy atom. The molecule has 0 unspecified atom stereocenters. The van der Waals surface area contributed by atoms with Gasteiger partial charge in [0.25, 0.3) is 0 Å². The second-order valence-electron chi connectivity index (χ2n) is 13.9. The summed E-state index contributed by atoms with van der Waals surface area (Å²) in [6.45, 7) is 2.12. The number of rotatable bonds is 6. The summed E-state index contributed by atoms with van der Waals surface area (Å²) < 4.78 is 12.3. The largest absolute Gasteiger partial charge is 0.456 e. The predicted molar refractivity (Wildman–Crippen MR) is 231 cm³/mol. The van der Waals surface area contributed by atoms with Gasteiger partial charge in [0, 0.05) is 32.8 Å². The zero-order valence-corrected chi connectivity index (χ0v) is 30.6. The topological polar surface area (TPSA) is 52.3 Å². The van der Waals surface area contributed by atoms with E-state index >= 15 is 0 Å². The van der Waals surface area contributed by atoms with Crippen molar-refractivity contribution < 1.29 is 8.83 Å². The molecule has 55 heavy (non-hydrogen) atoms. The molecule has 8 aromatic carbocycles. The second-order valence-corrected chi connectivity index (χ2v) is 13.9. The summed E-state index contributed by atoms with van der Waals surface area (Å²) in [5.41, 5.74) is 21.4. The fraction of sp³-hybridized carbons (Fsp3) is 0.0385. The maximum atomic E-state index is 6.54. The molecular formula is C52H39NO2. The van der Waals surface area contributed by atoms with Gasteiger partial charge in [0.15, 0.2) is 0 Å². The number of allylic oxidation sites excluding steroid dienone is 1. The molecule has 0 radical (unpaired) electrons. The maximum Gasteiger partial charge on any atom is 0.143 e. The minimum Gasteiger partial charge on any atom is -0.456 e. The van der Waals surface area contributed by atoms with Crippen molar-refractivity contribution in [2.45, 2.75) is 13.3 Å². The molecule has 0 fully saturated rings. The second kappa shape index (κ2) is 14.7. The van der Waals surface area contributed by atoms with Crippen molar-refractivity contribution in [1.29, 1.82) is 0 Å². The molecule has 10 rings (SSSR count). The van der Waals surface area contributed by atoms with Crippen LogP contribution >= 0.6 is 0 Å². The normalized spacial score (nSPS) is 11.6. The lowest BCUT2D eigenvalue weighted by atomic mass is 9.93. The molecule has 10 aromatic rings. The molecule has 0 aliphatic heterocycles. The quantitative estimate of drug-likeness (QED) is 0.187. The number of para-hydroxylation sites is 2. The molecule has 264 valence electrons. The van der Waals surface area contributed by atoms with Crippen molar-refractivity contribution in [3.63, 3.8) is 0 Å². The Morgan fingerprint density at radius 2 is 1.04 bits per heavy atom. The van der Waals surface area contributed by atoms with Gasteiger partial charge in [0.05, 0.1) is 0 Å². The first kappa shape index (κ1) is 33.7. The molecule has 0 aliphatic rings. The Kier molecular flexibility index (Phi) is 9.03. The van der Waals surface area contributed by atoms with E-state index in [0.29, 0.717) is 0 Å². The van der Waals surface area contributed by atoms with Crippen LogP contribution in [0.5, 0.6) is 0 Å². The fourth-order valence-corrected chi connectivity index (χ4v) is 7.57. The lowest BCUT2D eigenvalue weighted by molar-refractivity contribution is 0.668. The highest BCUT2D eigenvalue weighted by Gasteiger charge is 2.17. The molecule has 3 heteroatoms. The summed E-state index contributed by atoms with van der Waals surface area (Å²) in [6, 6.07) is 65.1. The van der Waals surface area contributed by atoms with Gasteiger partial charge in [-0.05, 0) is 94.3 Å². The average molecular weight is 710 g/mol. The van der Waals surface area contributed by atoms with Gasteiger partial charge in [-0.3, -0.25) is 0 Å². The van der Waals surface area contributed by atoms with Crippen LogP contribution in [0.2, 0.25) is 0 Å². The van der Waals surface area contributed by atoms with E-state index in [-0.39, 0.29) is 0 Å². The molecule has 0 saturated heterocycles. The van der Waals surface area contributed by atoms with E-state index in [1.54, 1.807) is 0 Å². The lowest BCUT2D eigenvalue weighted by Crippen LogP contribution is -1.97. The first-order chi connectivity index (χ1) is 27.1. The molecule has 0 aliphatic carbocycles. The molecule has 0 amide bonds. The summed E-state index contributed by atoms with van der Waals surface area (Å²) in [5, 5.41) is 4.72. The zero-order chi connectivity index (χ0) is 37.1. The highest BCUT2D eigenvalue weighted by molar-refractivity contribution is 6.16. The Bertz CT molecular complexity index is 2970. The van der Waals surface area contributed by atoms with Crippen molar-refractivity contribution >= 4 is 49.6 Å². The minimum absolute atomic E-state index is 0.785. The zero-order valence-electron chi connectivity index (χ0n) is 30.6. The smallest absolute Gasteiger partial charge is 0.143 e. The van der Waals surface area contributed by atoms with Gasteiger partial charge in [-0.2, -0.15) is 0 Å². The van der Waals surface area contributed by atoms with E-state index in [1.165, 1.54) is 33.0 Å². The minimum atomic E-state index is 0.785. The molecule has 2 heterocycles. The van der Waals surface area contributed by atoms with Crippen molar-refractivity contribution in [3.05, 3.63) is 211 Å². The van der Waals surface area contributed by atoms with Crippen molar-refractivity contribution in [3.8, 4) is 33.4 Å². The van der Waals surface area contributed by atoms with E-state index in [0.717, 1.165) is 73.0 Å². The number of aryl methyl sites for hydroxylation is 1. The summed E-state index contributed by atoms with van der Waals surface area (Å²) in [7, 11) is 0. The van der Waals surface area contributed by atoms with Gasteiger partial charge in [-0.25, -0.2) is 0 Å². The standard InChI is InChI=1S/C39H29NO.C13H10O/c40-36(24-21-27-11-3-1-4-12-27)32-18-10-16-30(26-32)29-15-9-17-31(25-29)34-23-22-33(28-13-5-2-6-14-28)38-35-19-7-8-20-37(35)41-39(34)38;1-9-5-4-8-12-13(9)10-6-2-3-7-11(10)14-12/h1-20,22-26H,21,40H2;2-8H,1H3/b36-24-;. The van der Waals surface area contributed by atoms with Crippen molar-refractivity contribution in [2.75, 3.05) is 0 Å². The van der Waals surface area contributed by atoms with E-state index in [2.05, 4.69) is 153 Å². The summed E-state index contributed by atoms with van der Waals surface area (Å²) >= 11 is 0. The number of hydrogen-bond acceptors (Lipinski definition) is 3. The van der Waals surface area contributed by atoms with E-state index in [9.17, 15) is 0 Å². The predicted octanol–water partition coefficient (Wildman–Crippen LogP) is 14.0. The molecule has 0 spiro atoms. The molecular weight excluding hydrogens is 671 g/mol. The Balaban J connectivity index is 0.000000236. The molecule has 0 saturated carbocycles. The number of furan rings is 2. The number of fused-ring (bicyclic) bond motifs is 6. The number of hydrogen-bond donors (Lipinski definition) is 1. The van der Waals surface area contributed by atoms with Gasteiger partial charge < -0.3 is 14.6 Å². The highest BCUT2D eigenvalue weighted by atomic mass is 16.3. The summed E-state index contributed by atoms with van der Waals surface area (Å²) in [5.74, 6) is 0. The fourth-order valence-electron chi connectivity index (χ4n) is 7.57. The first-order valence-corrected chi connectivity index (χ1v) is 18.7. The van der Waals surface area contributed by atoms with Crippen molar-refractivity contribution in [2.24, 2.45) is 5.73 Å². The van der Waals surface area contributed by atoms with E-state index in [1.807, 2.05) is 48.5 Å². The lowest BCUT2D eigenvalue weighted by Gasteiger charge is -2.11. The van der Waals surface area contributed by atoms with Gasteiger partial charge in [-0.1, -0.05) is 158 Å². The number of nitrogens with two attached hydrogens (primary N) is 1. The number of benzene rings is 8. The van der Waals surface area contributed by atoms with Crippen LogP contribution in [-0.2, 0) is 6.42 Å². The Hall–Kier alpha value is -7.10. The van der Waals surface area contributed by atoms with E-state index < -0.39 is 0 Å². The first-order valence-electron chi connectivity index (χ1n) is 18.7. The van der Waals surface area contributed by atoms with Crippen LogP contribution in [0.25, 0.3) is 83.0 Å². The van der Waals surface area contributed by atoms with Crippen LogP contribution in [-0.4, -0.2) is 0 Å². The van der Waals surface area contributed by atoms with Gasteiger partial charge >= 0.3 is 0 Å².